The second kappa shape index (κ2) is 9.78. The van der Waals surface area contributed by atoms with Crippen LogP contribution >= 0.6 is 11.6 Å². The number of hydrogen-bond acceptors (Lipinski definition) is 6. The monoisotopic (exact) mass is 575 g/mol. The number of sulfone groups is 1. The molecule has 2 aliphatic carbocycles. The largest absolute Gasteiger partial charge is 0.388 e. The molecule has 38 heavy (non-hydrogen) atoms. The molecule has 0 saturated heterocycles. The van der Waals surface area contributed by atoms with E-state index in [2.05, 4.69) is 5.32 Å². The molecule has 0 aliphatic heterocycles. The van der Waals surface area contributed by atoms with Gasteiger partial charge in [0.15, 0.2) is 27.3 Å². The third-order valence-electron chi connectivity index (χ3n) is 7.94. The van der Waals surface area contributed by atoms with E-state index in [1.54, 1.807) is 0 Å². The summed E-state index contributed by atoms with van der Waals surface area (Å²) in [6.45, 7) is 4.63. The Balaban J connectivity index is 1.62. The summed E-state index contributed by atoms with van der Waals surface area (Å²) in [5.74, 6) is -6.94. The van der Waals surface area contributed by atoms with Crippen molar-refractivity contribution in [3.63, 3.8) is 0 Å². The summed E-state index contributed by atoms with van der Waals surface area (Å²) in [4.78, 5) is 12.4. The number of carbonyl (C=O) groups excluding carboxylic acids is 1. The Morgan fingerprint density at radius 1 is 1.13 bits per heavy atom. The van der Waals surface area contributed by atoms with Crippen LogP contribution in [0.2, 0.25) is 5.02 Å². The minimum absolute atomic E-state index is 0.00449. The minimum atomic E-state index is -4.14. The Morgan fingerprint density at radius 3 is 2.29 bits per heavy atom. The zero-order chi connectivity index (χ0) is 28.4. The molecule has 2 aliphatic rings. The summed E-state index contributed by atoms with van der Waals surface area (Å²) in [5.41, 5.74) is -3.82. The Kier molecular flexibility index (Phi) is 7.42. The summed E-state index contributed by atoms with van der Waals surface area (Å²) >= 11 is 6.23. The van der Waals surface area contributed by atoms with E-state index in [1.807, 2.05) is 6.92 Å². The van der Waals surface area contributed by atoms with E-state index in [4.69, 9.17) is 11.6 Å². The maximum Gasteiger partial charge on any atom is 0.255 e. The van der Waals surface area contributed by atoms with Gasteiger partial charge in [0.1, 0.15) is 6.10 Å². The van der Waals surface area contributed by atoms with Crippen LogP contribution in [0.5, 0.6) is 0 Å². The molecule has 1 amide bonds. The number of aliphatic hydroxyl groups is 3. The van der Waals surface area contributed by atoms with Crippen molar-refractivity contribution in [2.45, 2.75) is 67.5 Å². The van der Waals surface area contributed by atoms with Crippen molar-refractivity contribution in [3.8, 4) is 0 Å². The molecule has 2 bridgehead atoms. The van der Waals surface area contributed by atoms with Crippen LogP contribution in [0.25, 0.3) is 0 Å². The van der Waals surface area contributed by atoms with Gasteiger partial charge in [0, 0.05) is 23.4 Å². The molecule has 2 fully saturated rings. The predicted octanol–water partition coefficient (Wildman–Crippen LogP) is 4.08. The van der Waals surface area contributed by atoms with Crippen LogP contribution in [0.15, 0.2) is 35.2 Å². The average Bonchev–Trinajstić information content (AvgIpc) is 2.94. The van der Waals surface area contributed by atoms with Crippen molar-refractivity contribution in [2.24, 2.45) is 17.8 Å². The number of aliphatic hydroxyl groups excluding tert-OH is 1. The van der Waals surface area contributed by atoms with Gasteiger partial charge in [0.25, 0.3) is 5.91 Å². The third kappa shape index (κ3) is 4.83. The van der Waals surface area contributed by atoms with Crippen molar-refractivity contribution in [2.75, 3.05) is 5.32 Å². The zero-order valence-electron chi connectivity index (χ0n) is 20.9. The van der Waals surface area contributed by atoms with Crippen LogP contribution in [0.4, 0.5) is 18.9 Å². The number of hydrogen-bond donors (Lipinski definition) is 4. The molecular formula is C26H29ClF3NO6S. The van der Waals surface area contributed by atoms with Gasteiger partial charge in [-0.15, -0.1) is 0 Å². The lowest BCUT2D eigenvalue weighted by Crippen LogP contribution is -2.62. The van der Waals surface area contributed by atoms with Crippen LogP contribution in [-0.2, 0) is 9.84 Å². The summed E-state index contributed by atoms with van der Waals surface area (Å²) in [7, 11) is -4.14. The standard InChI is InChI=1S/C26H29ClF3NO6S/c1-12-6-14-8-16(11-17(12)26(14,35)24(33)25(2,3)34)38(36,37)21-7-13(4-5-18(21)27)23(32)31-15-9-19(28)22(30)20(29)10-15/h4-5,7,9-10,12,14,16-17,24,33-35H,6,8,11H2,1-3H3,(H,31,32)/t12-,14?,16+,17+,24?,26-/m0/s1. The lowest BCUT2D eigenvalue weighted by molar-refractivity contribution is -0.202. The van der Waals surface area contributed by atoms with Crippen LogP contribution in [0.1, 0.15) is 50.4 Å². The van der Waals surface area contributed by atoms with E-state index in [-0.39, 0.29) is 39.9 Å². The molecule has 0 radical (unpaired) electrons. The Morgan fingerprint density at radius 2 is 1.74 bits per heavy atom. The molecule has 0 aromatic heterocycles. The van der Waals surface area contributed by atoms with Gasteiger partial charge in [-0.25, -0.2) is 21.6 Å². The number of carbonyl (C=O) groups is 1. The molecule has 0 spiro atoms. The van der Waals surface area contributed by atoms with E-state index >= 15 is 0 Å². The Labute approximate surface area is 223 Å². The SMILES string of the molecule is C[C@H]1CC2C[C@@H](S(=O)(=O)c3cc(C(=O)Nc4cc(F)c(F)c(F)c4)ccc3Cl)C[C@H]1[C@]2(O)C(O)C(C)(C)O. The topological polar surface area (TPSA) is 124 Å². The Bertz CT molecular complexity index is 1360. The fourth-order valence-corrected chi connectivity index (χ4v) is 8.46. The van der Waals surface area contributed by atoms with Gasteiger partial charge >= 0.3 is 0 Å². The second-order valence-electron chi connectivity index (χ2n) is 11.0. The highest BCUT2D eigenvalue weighted by Gasteiger charge is 2.63. The summed E-state index contributed by atoms with van der Waals surface area (Å²) in [6, 6.07) is 4.68. The number of anilines is 1. The average molecular weight is 576 g/mol. The first-order chi connectivity index (χ1) is 17.5. The van der Waals surface area contributed by atoms with Crippen molar-refractivity contribution >= 4 is 33.0 Å². The summed E-state index contributed by atoms with van der Waals surface area (Å²) in [5, 5.41) is 33.8. The van der Waals surface area contributed by atoms with Crippen molar-refractivity contribution in [3.05, 3.63) is 58.4 Å². The Hall–Kier alpha value is -2.18. The molecule has 4 N–H and O–H groups in total. The normalized spacial score (nSPS) is 28.3. The van der Waals surface area contributed by atoms with Crippen LogP contribution in [0.3, 0.4) is 0 Å². The third-order valence-corrected chi connectivity index (χ3v) is 10.6. The van der Waals surface area contributed by atoms with Crippen LogP contribution < -0.4 is 5.32 Å². The number of fused-ring (bicyclic) bond motifs is 2. The molecule has 2 saturated carbocycles. The molecule has 208 valence electrons. The number of halogens is 4. The first-order valence-electron chi connectivity index (χ1n) is 12.1. The minimum Gasteiger partial charge on any atom is -0.388 e. The summed E-state index contributed by atoms with van der Waals surface area (Å²) < 4.78 is 67.7. The van der Waals surface area contributed by atoms with Crippen molar-refractivity contribution in [1.29, 1.82) is 0 Å². The van der Waals surface area contributed by atoms with Gasteiger partial charge in [-0.05, 0) is 69.1 Å². The number of nitrogens with one attached hydrogen (secondary N) is 1. The molecule has 2 aromatic carbocycles. The van der Waals surface area contributed by atoms with Crippen molar-refractivity contribution < 1.29 is 41.7 Å². The quantitative estimate of drug-likeness (QED) is 0.385. The molecule has 12 heteroatoms. The van der Waals surface area contributed by atoms with Crippen LogP contribution in [-0.4, -0.2) is 52.2 Å². The highest BCUT2D eigenvalue weighted by Crippen LogP contribution is 2.57. The fourth-order valence-electron chi connectivity index (χ4n) is 6.08. The molecule has 0 heterocycles. The highest BCUT2D eigenvalue weighted by atomic mass is 35.5. The van der Waals surface area contributed by atoms with Gasteiger partial charge < -0.3 is 20.6 Å². The van der Waals surface area contributed by atoms with E-state index in [1.165, 1.54) is 26.0 Å². The second-order valence-corrected chi connectivity index (χ2v) is 13.6. The number of benzene rings is 2. The molecule has 2 aromatic rings. The molecule has 2 unspecified atom stereocenters. The first-order valence-corrected chi connectivity index (χ1v) is 14.0. The predicted molar refractivity (Wildman–Crippen MR) is 134 cm³/mol. The van der Waals surface area contributed by atoms with Gasteiger partial charge in [0.05, 0.1) is 26.4 Å². The number of amides is 1. The van der Waals surface area contributed by atoms with E-state index in [0.29, 0.717) is 18.6 Å². The summed E-state index contributed by atoms with van der Waals surface area (Å²) in [6.07, 6.45) is -1.02. The van der Waals surface area contributed by atoms with E-state index < -0.39 is 67.6 Å². The molecule has 7 nitrogen and oxygen atoms in total. The zero-order valence-corrected chi connectivity index (χ0v) is 22.5. The van der Waals surface area contributed by atoms with E-state index in [0.717, 1.165) is 6.07 Å². The fraction of sp³-hybridized carbons (Fsp3) is 0.500. The van der Waals surface area contributed by atoms with Gasteiger partial charge in [0.2, 0.25) is 0 Å². The van der Waals surface area contributed by atoms with Crippen molar-refractivity contribution in [1.82, 2.24) is 0 Å². The van der Waals surface area contributed by atoms with E-state index in [9.17, 15) is 41.7 Å². The van der Waals surface area contributed by atoms with Gasteiger partial charge in [-0.3, -0.25) is 4.79 Å². The van der Waals surface area contributed by atoms with Gasteiger partial charge in [-0.1, -0.05) is 18.5 Å². The molecule has 4 rings (SSSR count). The number of rotatable bonds is 6. The highest BCUT2D eigenvalue weighted by molar-refractivity contribution is 7.92. The smallest absolute Gasteiger partial charge is 0.255 e. The maximum absolute atomic E-state index is 13.7. The first kappa shape index (κ1) is 28.8. The lowest BCUT2D eigenvalue weighted by atomic mass is 9.67. The van der Waals surface area contributed by atoms with Crippen LogP contribution in [0, 0.1) is 35.2 Å². The van der Waals surface area contributed by atoms with Gasteiger partial charge in [-0.2, -0.15) is 0 Å². The lowest BCUT2D eigenvalue weighted by Gasteiger charge is -2.48. The molecular weight excluding hydrogens is 547 g/mol. The molecule has 6 atom stereocenters. The maximum atomic E-state index is 13.7.